The Morgan fingerprint density at radius 2 is 1.60 bits per heavy atom. The Bertz CT molecular complexity index is 218. The van der Waals surface area contributed by atoms with E-state index in [0.717, 1.165) is 6.04 Å². The van der Waals surface area contributed by atoms with Crippen LogP contribution in [-0.4, -0.2) is 29.7 Å². The SMILES string of the molecule is CC(C)(C)CC1CCC[N+]1(C)C(C)(C)C. The van der Waals surface area contributed by atoms with Gasteiger partial charge in [-0.1, -0.05) is 20.8 Å². The molecule has 2 atom stereocenters. The van der Waals surface area contributed by atoms with E-state index in [4.69, 9.17) is 0 Å². The largest absolute Gasteiger partial charge is 0.319 e. The lowest BCUT2D eigenvalue weighted by Gasteiger charge is -2.48. The molecule has 0 spiro atoms. The second-order valence-electron chi connectivity index (χ2n) is 7.72. The van der Waals surface area contributed by atoms with Crippen molar-refractivity contribution in [2.75, 3.05) is 13.6 Å². The highest BCUT2D eigenvalue weighted by Crippen LogP contribution is 2.39. The van der Waals surface area contributed by atoms with Crippen molar-refractivity contribution in [2.24, 2.45) is 5.41 Å². The lowest BCUT2D eigenvalue weighted by atomic mass is 9.85. The molecule has 0 bridgehead atoms. The van der Waals surface area contributed by atoms with Gasteiger partial charge in [-0.25, -0.2) is 0 Å². The zero-order valence-corrected chi connectivity index (χ0v) is 11.9. The van der Waals surface area contributed by atoms with Crippen LogP contribution in [0, 0.1) is 5.41 Å². The quantitative estimate of drug-likeness (QED) is 0.580. The highest BCUT2D eigenvalue weighted by Gasteiger charge is 2.47. The topological polar surface area (TPSA) is 0 Å². The summed E-state index contributed by atoms with van der Waals surface area (Å²) in [5.41, 5.74) is 0.867. The standard InChI is InChI=1S/C14H30N/c1-13(2,3)11-12-9-8-10-15(12,7)14(4,5)6/h12H,8-11H2,1-7H3/q+1. The van der Waals surface area contributed by atoms with Crippen LogP contribution in [0.4, 0.5) is 0 Å². The Morgan fingerprint density at radius 3 is 2.00 bits per heavy atom. The predicted molar refractivity (Wildman–Crippen MR) is 67.9 cm³/mol. The summed E-state index contributed by atoms with van der Waals surface area (Å²) >= 11 is 0. The monoisotopic (exact) mass is 212 g/mol. The average molecular weight is 212 g/mol. The molecule has 0 N–H and O–H groups in total. The molecule has 0 aromatic heterocycles. The molecule has 1 rings (SSSR count). The van der Waals surface area contributed by atoms with E-state index >= 15 is 0 Å². The molecule has 1 heteroatoms. The molecule has 1 heterocycles. The lowest BCUT2D eigenvalue weighted by molar-refractivity contribution is -0.965. The van der Waals surface area contributed by atoms with Crippen LogP contribution in [0.25, 0.3) is 0 Å². The summed E-state index contributed by atoms with van der Waals surface area (Å²) in [4.78, 5) is 0. The van der Waals surface area contributed by atoms with Gasteiger partial charge in [-0.05, 0) is 26.2 Å². The fourth-order valence-corrected chi connectivity index (χ4v) is 3.02. The van der Waals surface area contributed by atoms with Crippen molar-refractivity contribution in [3.63, 3.8) is 0 Å². The van der Waals surface area contributed by atoms with E-state index in [1.165, 1.54) is 30.3 Å². The lowest BCUT2D eigenvalue weighted by Crippen LogP contribution is -2.60. The minimum absolute atomic E-state index is 0.395. The third-order valence-corrected chi connectivity index (χ3v) is 4.35. The van der Waals surface area contributed by atoms with Gasteiger partial charge in [-0.15, -0.1) is 0 Å². The van der Waals surface area contributed by atoms with Crippen molar-refractivity contribution in [3.8, 4) is 0 Å². The molecule has 1 aliphatic heterocycles. The van der Waals surface area contributed by atoms with Crippen molar-refractivity contribution in [1.29, 1.82) is 0 Å². The summed E-state index contributed by atoms with van der Waals surface area (Å²) in [5, 5.41) is 0. The highest BCUT2D eigenvalue weighted by atomic mass is 15.4. The normalized spacial score (nSPS) is 33.4. The molecular formula is C14H30N+. The van der Waals surface area contributed by atoms with Crippen LogP contribution in [0.15, 0.2) is 0 Å². The van der Waals surface area contributed by atoms with Gasteiger partial charge in [0.1, 0.15) is 0 Å². The summed E-state index contributed by atoms with van der Waals surface area (Å²) < 4.78 is 1.27. The van der Waals surface area contributed by atoms with Crippen LogP contribution in [0.5, 0.6) is 0 Å². The van der Waals surface area contributed by atoms with Crippen molar-refractivity contribution in [1.82, 2.24) is 0 Å². The maximum absolute atomic E-state index is 2.46. The molecule has 0 radical (unpaired) electrons. The van der Waals surface area contributed by atoms with Crippen molar-refractivity contribution < 1.29 is 4.48 Å². The van der Waals surface area contributed by atoms with Gasteiger partial charge in [-0.2, -0.15) is 0 Å². The van der Waals surface area contributed by atoms with E-state index in [-0.39, 0.29) is 0 Å². The molecule has 2 unspecified atom stereocenters. The molecule has 90 valence electrons. The van der Waals surface area contributed by atoms with Gasteiger partial charge in [0, 0.05) is 19.3 Å². The number of rotatable bonds is 1. The molecule has 1 aliphatic rings. The second kappa shape index (κ2) is 3.76. The first kappa shape index (κ1) is 13.0. The van der Waals surface area contributed by atoms with Gasteiger partial charge in [-0.3, -0.25) is 0 Å². The smallest absolute Gasteiger partial charge is 0.0907 e. The first-order valence-corrected chi connectivity index (χ1v) is 6.42. The molecule has 1 saturated heterocycles. The van der Waals surface area contributed by atoms with E-state index in [9.17, 15) is 0 Å². The maximum Gasteiger partial charge on any atom is 0.0907 e. The van der Waals surface area contributed by atoms with Crippen LogP contribution < -0.4 is 0 Å². The minimum Gasteiger partial charge on any atom is -0.319 e. The fraction of sp³-hybridized carbons (Fsp3) is 1.00. The molecule has 0 amide bonds. The summed E-state index contributed by atoms with van der Waals surface area (Å²) in [5.74, 6) is 0. The minimum atomic E-state index is 0.395. The van der Waals surface area contributed by atoms with E-state index in [1.807, 2.05) is 0 Å². The van der Waals surface area contributed by atoms with Gasteiger partial charge in [0.25, 0.3) is 0 Å². The third-order valence-electron chi connectivity index (χ3n) is 4.35. The molecule has 0 aromatic carbocycles. The van der Waals surface area contributed by atoms with Crippen LogP contribution in [-0.2, 0) is 0 Å². The van der Waals surface area contributed by atoms with Crippen LogP contribution in [0.3, 0.4) is 0 Å². The maximum atomic E-state index is 2.46. The predicted octanol–water partition coefficient (Wildman–Crippen LogP) is 3.83. The van der Waals surface area contributed by atoms with Gasteiger partial charge < -0.3 is 4.48 Å². The average Bonchev–Trinajstić information content (AvgIpc) is 2.29. The first-order chi connectivity index (χ1) is 6.56. The van der Waals surface area contributed by atoms with Gasteiger partial charge in [0.05, 0.1) is 25.2 Å². The number of quaternary nitrogens is 1. The Morgan fingerprint density at radius 1 is 1.07 bits per heavy atom. The van der Waals surface area contributed by atoms with E-state index in [0.29, 0.717) is 11.0 Å². The van der Waals surface area contributed by atoms with Gasteiger partial charge in [0.2, 0.25) is 0 Å². The Hall–Kier alpha value is -0.0400. The third kappa shape index (κ3) is 2.75. The number of hydrogen-bond donors (Lipinski definition) is 0. The summed E-state index contributed by atoms with van der Waals surface area (Å²) in [6.45, 7) is 15.7. The molecule has 1 nitrogen and oxygen atoms in total. The van der Waals surface area contributed by atoms with Crippen LogP contribution in [0.1, 0.15) is 60.8 Å². The molecule has 0 saturated carbocycles. The van der Waals surface area contributed by atoms with Gasteiger partial charge >= 0.3 is 0 Å². The zero-order valence-electron chi connectivity index (χ0n) is 11.9. The first-order valence-electron chi connectivity index (χ1n) is 6.42. The van der Waals surface area contributed by atoms with Gasteiger partial charge in [0.15, 0.2) is 0 Å². The fourth-order valence-electron chi connectivity index (χ4n) is 3.02. The van der Waals surface area contributed by atoms with Crippen molar-refractivity contribution in [3.05, 3.63) is 0 Å². The zero-order chi connectivity index (χ0) is 11.9. The van der Waals surface area contributed by atoms with Crippen molar-refractivity contribution in [2.45, 2.75) is 72.4 Å². The van der Waals surface area contributed by atoms with Crippen LogP contribution in [0.2, 0.25) is 0 Å². The molecule has 0 aliphatic carbocycles. The van der Waals surface area contributed by atoms with E-state index in [1.54, 1.807) is 0 Å². The summed E-state index contributed by atoms with van der Waals surface area (Å²) in [6, 6.07) is 0.866. The molecular weight excluding hydrogens is 182 g/mol. The molecule has 0 aromatic rings. The molecule has 15 heavy (non-hydrogen) atoms. The Labute approximate surface area is 96.4 Å². The van der Waals surface area contributed by atoms with E-state index < -0.39 is 0 Å². The van der Waals surface area contributed by atoms with Crippen LogP contribution >= 0.6 is 0 Å². The Balaban J connectivity index is 2.81. The summed E-state index contributed by atoms with van der Waals surface area (Å²) in [6.07, 6.45) is 4.19. The Kier molecular flexibility index (Phi) is 3.27. The van der Waals surface area contributed by atoms with Crippen molar-refractivity contribution >= 4 is 0 Å². The highest BCUT2D eigenvalue weighted by molar-refractivity contribution is 4.79. The number of nitrogens with zero attached hydrogens (tertiary/aromatic N) is 1. The van der Waals surface area contributed by atoms with E-state index in [2.05, 4.69) is 48.6 Å². The molecule has 1 fully saturated rings. The summed E-state index contributed by atoms with van der Waals surface area (Å²) in [7, 11) is 2.46. The number of hydrogen-bond acceptors (Lipinski definition) is 0. The number of likely N-dealkylation sites (tertiary alicyclic amines) is 1. The second-order valence-corrected chi connectivity index (χ2v) is 7.72.